The van der Waals surface area contributed by atoms with Gasteiger partial charge in [-0.3, -0.25) is 4.79 Å². The van der Waals surface area contributed by atoms with Crippen LogP contribution in [0.15, 0.2) is 24.3 Å². The number of unbranched alkanes of at least 4 members (excludes halogenated alkanes) is 2. The number of piperazine rings is 1. The van der Waals surface area contributed by atoms with E-state index in [1.165, 1.54) is 0 Å². The molecule has 0 saturated carbocycles. The smallest absolute Gasteiger partial charge is 0.253 e. The average Bonchev–Trinajstić information content (AvgIpc) is 2.98. The summed E-state index contributed by atoms with van der Waals surface area (Å²) in [5.41, 5.74) is 10.0. The summed E-state index contributed by atoms with van der Waals surface area (Å²) >= 11 is 0. The molecular formula is C31H43N5O4. The fourth-order valence-corrected chi connectivity index (χ4v) is 5.21. The van der Waals surface area contributed by atoms with Crippen molar-refractivity contribution in [3.05, 3.63) is 41.0 Å². The lowest BCUT2D eigenvalue weighted by Gasteiger charge is -2.35. The molecule has 9 heteroatoms. The number of carbonyl (C=O) groups is 1. The van der Waals surface area contributed by atoms with Crippen LogP contribution in [0.2, 0.25) is 0 Å². The molecule has 1 saturated heterocycles. The highest BCUT2D eigenvalue weighted by atomic mass is 16.5. The van der Waals surface area contributed by atoms with E-state index in [0.717, 1.165) is 61.0 Å². The molecule has 40 heavy (non-hydrogen) atoms. The average molecular weight is 550 g/mol. The van der Waals surface area contributed by atoms with Crippen LogP contribution in [0.4, 0.5) is 11.8 Å². The van der Waals surface area contributed by atoms with Gasteiger partial charge in [-0.2, -0.15) is 4.98 Å². The van der Waals surface area contributed by atoms with Crippen molar-refractivity contribution < 1.29 is 19.0 Å². The van der Waals surface area contributed by atoms with E-state index in [0.29, 0.717) is 67.0 Å². The number of carbonyl (C=O) groups excluding carboxylic acids is 1. The predicted molar refractivity (Wildman–Crippen MR) is 160 cm³/mol. The molecule has 2 heterocycles. The molecule has 0 aliphatic carbocycles. The third-order valence-corrected chi connectivity index (χ3v) is 7.45. The van der Waals surface area contributed by atoms with Crippen LogP contribution in [0.3, 0.4) is 0 Å². The summed E-state index contributed by atoms with van der Waals surface area (Å²) in [6, 6.07) is 7.72. The van der Waals surface area contributed by atoms with Gasteiger partial charge >= 0.3 is 0 Å². The molecule has 1 amide bonds. The number of amides is 1. The van der Waals surface area contributed by atoms with Gasteiger partial charge in [-0.05, 0) is 61.9 Å². The largest absolute Gasteiger partial charge is 0.493 e. The number of benzene rings is 2. The maximum Gasteiger partial charge on any atom is 0.253 e. The quantitative estimate of drug-likeness (QED) is 0.326. The molecule has 2 aromatic carbocycles. The molecular weight excluding hydrogens is 506 g/mol. The molecule has 0 unspecified atom stereocenters. The second kappa shape index (κ2) is 13.5. The molecule has 4 rings (SSSR count). The first-order chi connectivity index (χ1) is 19.4. The van der Waals surface area contributed by atoms with Gasteiger partial charge in [0.25, 0.3) is 5.91 Å². The van der Waals surface area contributed by atoms with Crippen molar-refractivity contribution in [2.75, 3.05) is 57.6 Å². The van der Waals surface area contributed by atoms with Gasteiger partial charge in [0.2, 0.25) is 5.95 Å². The first-order valence-corrected chi connectivity index (χ1v) is 14.5. The molecule has 1 aliphatic rings. The van der Waals surface area contributed by atoms with Crippen LogP contribution in [0.1, 0.15) is 67.9 Å². The van der Waals surface area contributed by atoms with E-state index in [-0.39, 0.29) is 5.91 Å². The van der Waals surface area contributed by atoms with Gasteiger partial charge < -0.3 is 29.7 Å². The third-order valence-electron chi connectivity index (χ3n) is 7.45. The van der Waals surface area contributed by atoms with Gasteiger partial charge in [0, 0.05) is 43.2 Å². The topological polar surface area (TPSA) is 103 Å². The zero-order valence-corrected chi connectivity index (χ0v) is 24.6. The van der Waals surface area contributed by atoms with Crippen molar-refractivity contribution in [2.45, 2.75) is 59.3 Å². The number of methoxy groups -OCH3 is 2. The van der Waals surface area contributed by atoms with Gasteiger partial charge in [-0.25, -0.2) is 4.98 Å². The second-order valence-corrected chi connectivity index (χ2v) is 10.2. The molecule has 0 radical (unpaired) electrons. The highest BCUT2D eigenvalue weighted by Gasteiger charge is 2.26. The number of hydrogen-bond acceptors (Lipinski definition) is 8. The number of aryl methyl sites for hydroxylation is 2. The van der Waals surface area contributed by atoms with Gasteiger partial charge in [0.15, 0.2) is 11.5 Å². The Labute approximate surface area is 237 Å². The Morgan fingerprint density at radius 3 is 2.02 bits per heavy atom. The van der Waals surface area contributed by atoms with Crippen molar-refractivity contribution in [2.24, 2.45) is 0 Å². The molecule has 9 nitrogen and oxygen atoms in total. The van der Waals surface area contributed by atoms with Gasteiger partial charge in [0.05, 0.1) is 26.3 Å². The number of nitrogens with zero attached hydrogens (tertiary/aromatic N) is 4. The molecule has 0 atom stereocenters. The summed E-state index contributed by atoms with van der Waals surface area (Å²) < 4.78 is 16.9. The lowest BCUT2D eigenvalue weighted by molar-refractivity contribution is 0.0746. The van der Waals surface area contributed by atoms with Crippen molar-refractivity contribution in [3.63, 3.8) is 0 Å². The number of fused-ring (bicyclic) bond motifs is 1. The minimum absolute atomic E-state index is 0.0639. The summed E-state index contributed by atoms with van der Waals surface area (Å²) in [6.07, 6.45) is 6.15. The van der Waals surface area contributed by atoms with E-state index in [1.54, 1.807) is 20.3 Å². The number of rotatable bonds is 12. The van der Waals surface area contributed by atoms with Crippen LogP contribution in [0.25, 0.3) is 10.9 Å². The molecule has 1 aromatic heterocycles. The number of ether oxygens (including phenoxy) is 3. The Morgan fingerprint density at radius 1 is 0.875 bits per heavy atom. The maximum absolute atomic E-state index is 13.7. The summed E-state index contributed by atoms with van der Waals surface area (Å²) in [4.78, 5) is 27.1. The van der Waals surface area contributed by atoms with E-state index in [2.05, 4.69) is 35.9 Å². The molecule has 216 valence electrons. The zero-order valence-electron chi connectivity index (χ0n) is 24.6. The lowest BCUT2D eigenvalue weighted by atomic mass is 9.96. The molecule has 1 fully saturated rings. The van der Waals surface area contributed by atoms with E-state index in [9.17, 15) is 4.79 Å². The Balaban J connectivity index is 1.54. The lowest BCUT2D eigenvalue weighted by Crippen LogP contribution is -2.49. The van der Waals surface area contributed by atoms with Gasteiger partial charge in [-0.15, -0.1) is 0 Å². The number of aromatic nitrogens is 2. The van der Waals surface area contributed by atoms with Crippen molar-refractivity contribution in [3.8, 4) is 17.2 Å². The van der Waals surface area contributed by atoms with Crippen LogP contribution in [0.5, 0.6) is 17.2 Å². The Morgan fingerprint density at radius 2 is 1.48 bits per heavy atom. The van der Waals surface area contributed by atoms with Crippen LogP contribution in [-0.4, -0.2) is 67.8 Å². The first-order valence-electron chi connectivity index (χ1n) is 14.5. The second-order valence-electron chi connectivity index (χ2n) is 10.2. The molecule has 0 bridgehead atoms. The molecule has 0 spiro atoms. The van der Waals surface area contributed by atoms with Crippen LogP contribution in [0, 0.1) is 0 Å². The van der Waals surface area contributed by atoms with E-state index in [4.69, 9.17) is 24.9 Å². The normalized spacial score (nSPS) is 13.5. The summed E-state index contributed by atoms with van der Waals surface area (Å²) in [5.74, 6) is 3.14. The van der Waals surface area contributed by atoms with Crippen molar-refractivity contribution in [1.29, 1.82) is 0 Å². The minimum Gasteiger partial charge on any atom is -0.493 e. The number of hydrogen-bond donors (Lipinski definition) is 1. The highest BCUT2D eigenvalue weighted by molar-refractivity contribution is 5.95. The summed E-state index contributed by atoms with van der Waals surface area (Å²) in [5, 5.41) is 0.712. The Kier molecular flexibility index (Phi) is 9.90. The van der Waals surface area contributed by atoms with Gasteiger partial charge in [0.1, 0.15) is 11.6 Å². The van der Waals surface area contributed by atoms with Gasteiger partial charge in [-0.1, -0.05) is 26.7 Å². The predicted octanol–water partition coefficient (Wildman–Crippen LogP) is 5.28. The first kappa shape index (κ1) is 29.2. The standard InChI is InChI=1S/C31H43N5O4/c1-6-9-11-21-17-23(18-22(12-10-7-2)28(21)40-8-3)30(37)35-13-15-36(16-14-35)31-33-25-20-27(39-5)26(38-4)19-24(25)29(32)34-31/h17-20H,6-16H2,1-5H3,(H2,32,33,34). The molecule has 1 aliphatic heterocycles. The summed E-state index contributed by atoms with van der Waals surface area (Å²) in [6.45, 7) is 9.40. The van der Waals surface area contributed by atoms with Crippen LogP contribution in [-0.2, 0) is 12.8 Å². The number of nitrogens with two attached hydrogens (primary N) is 1. The monoisotopic (exact) mass is 549 g/mol. The molecule has 3 aromatic rings. The number of anilines is 2. The maximum atomic E-state index is 13.7. The van der Waals surface area contributed by atoms with Crippen molar-refractivity contribution >= 4 is 28.6 Å². The highest BCUT2D eigenvalue weighted by Crippen LogP contribution is 2.34. The SMILES string of the molecule is CCCCc1cc(C(=O)N2CCN(c3nc(N)c4cc(OC)c(OC)cc4n3)CC2)cc(CCCC)c1OCC. The third kappa shape index (κ3) is 6.35. The summed E-state index contributed by atoms with van der Waals surface area (Å²) in [7, 11) is 3.18. The van der Waals surface area contributed by atoms with Crippen LogP contribution >= 0.6 is 0 Å². The van der Waals surface area contributed by atoms with E-state index < -0.39 is 0 Å². The van der Waals surface area contributed by atoms with Crippen molar-refractivity contribution in [1.82, 2.24) is 14.9 Å². The fourth-order valence-electron chi connectivity index (χ4n) is 5.21. The Hall–Kier alpha value is -3.75. The number of nitrogen functional groups attached to an aromatic ring is 1. The van der Waals surface area contributed by atoms with E-state index in [1.807, 2.05) is 17.9 Å². The zero-order chi connectivity index (χ0) is 28.6. The fraction of sp³-hybridized carbons (Fsp3) is 0.516. The van der Waals surface area contributed by atoms with E-state index >= 15 is 0 Å². The molecule has 2 N–H and O–H groups in total. The van der Waals surface area contributed by atoms with Crippen LogP contribution < -0.4 is 24.8 Å². The Bertz CT molecular complexity index is 1290. The minimum atomic E-state index is 0.0639.